The average molecular weight is 401 g/mol. The van der Waals surface area contributed by atoms with Gasteiger partial charge in [-0.15, -0.1) is 0 Å². The zero-order chi connectivity index (χ0) is 20.9. The summed E-state index contributed by atoms with van der Waals surface area (Å²) in [5, 5.41) is 0. The standard InChI is InChI=1S/C25H23NO4/c1-26(16-18-7-13-23-24(15-18)30-17-29-23)25(28)14-12-22(27)21-10-8-20(9-11-21)19-5-3-2-4-6-19/h2-11,13,15H,12,14,16-17H2,1H3. The van der Waals surface area contributed by atoms with E-state index in [0.717, 1.165) is 22.4 Å². The van der Waals surface area contributed by atoms with Crippen LogP contribution >= 0.6 is 0 Å². The second-order valence-corrected chi connectivity index (χ2v) is 7.30. The van der Waals surface area contributed by atoms with E-state index in [0.29, 0.717) is 17.9 Å². The van der Waals surface area contributed by atoms with Gasteiger partial charge in [0.25, 0.3) is 0 Å². The van der Waals surface area contributed by atoms with Gasteiger partial charge in [0, 0.05) is 32.0 Å². The van der Waals surface area contributed by atoms with Gasteiger partial charge in [0.1, 0.15) is 0 Å². The zero-order valence-corrected chi connectivity index (χ0v) is 16.8. The number of hydrogen-bond donors (Lipinski definition) is 0. The van der Waals surface area contributed by atoms with Gasteiger partial charge in [-0.05, 0) is 28.8 Å². The van der Waals surface area contributed by atoms with Crippen LogP contribution < -0.4 is 9.47 Å². The lowest BCUT2D eigenvalue weighted by molar-refractivity contribution is -0.130. The van der Waals surface area contributed by atoms with Crippen LogP contribution in [0.4, 0.5) is 0 Å². The van der Waals surface area contributed by atoms with Crippen molar-refractivity contribution in [2.75, 3.05) is 13.8 Å². The van der Waals surface area contributed by atoms with E-state index >= 15 is 0 Å². The lowest BCUT2D eigenvalue weighted by atomic mass is 10.0. The fraction of sp³-hybridized carbons (Fsp3) is 0.200. The molecule has 3 aromatic rings. The first-order valence-corrected chi connectivity index (χ1v) is 9.91. The Morgan fingerprint density at radius 1 is 0.833 bits per heavy atom. The molecular weight excluding hydrogens is 378 g/mol. The van der Waals surface area contributed by atoms with Gasteiger partial charge in [0.2, 0.25) is 12.7 Å². The molecule has 1 heterocycles. The predicted octanol–water partition coefficient (Wildman–Crippen LogP) is 4.70. The molecule has 5 nitrogen and oxygen atoms in total. The summed E-state index contributed by atoms with van der Waals surface area (Å²) in [5.41, 5.74) is 3.75. The van der Waals surface area contributed by atoms with Crippen molar-refractivity contribution >= 4 is 11.7 Å². The molecule has 5 heteroatoms. The molecule has 1 aliphatic rings. The maximum Gasteiger partial charge on any atom is 0.231 e. The number of rotatable bonds is 7. The van der Waals surface area contributed by atoms with Crippen molar-refractivity contribution in [3.8, 4) is 22.6 Å². The summed E-state index contributed by atoms with van der Waals surface area (Å²) < 4.78 is 10.7. The Hall–Kier alpha value is -3.60. The summed E-state index contributed by atoms with van der Waals surface area (Å²) in [4.78, 5) is 26.6. The van der Waals surface area contributed by atoms with Crippen LogP contribution in [0, 0.1) is 0 Å². The average Bonchev–Trinajstić information content (AvgIpc) is 3.26. The lowest BCUT2D eigenvalue weighted by Gasteiger charge is -2.17. The van der Waals surface area contributed by atoms with Crippen molar-refractivity contribution in [1.82, 2.24) is 4.90 Å². The fourth-order valence-electron chi connectivity index (χ4n) is 3.44. The summed E-state index contributed by atoms with van der Waals surface area (Å²) in [6.45, 7) is 0.678. The van der Waals surface area contributed by atoms with Crippen LogP contribution in [-0.2, 0) is 11.3 Å². The van der Waals surface area contributed by atoms with E-state index in [1.54, 1.807) is 11.9 Å². The van der Waals surface area contributed by atoms with E-state index in [-0.39, 0.29) is 31.3 Å². The lowest BCUT2D eigenvalue weighted by Crippen LogP contribution is -2.26. The molecule has 1 amide bonds. The molecule has 1 aliphatic heterocycles. The van der Waals surface area contributed by atoms with Crippen LogP contribution in [0.1, 0.15) is 28.8 Å². The summed E-state index contributed by atoms with van der Waals surface area (Å²) in [6.07, 6.45) is 0.370. The number of ketones is 1. The smallest absolute Gasteiger partial charge is 0.231 e. The molecule has 0 spiro atoms. The van der Waals surface area contributed by atoms with E-state index in [1.165, 1.54) is 0 Å². The summed E-state index contributed by atoms with van der Waals surface area (Å²) in [7, 11) is 1.74. The van der Waals surface area contributed by atoms with Gasteiger partial charge in [0.05, 0.1) is 0 Å². The number of ether oxygens (including phenoxy) is 2. The van der Waals surface area contributed by atoms with Crippen LogP contribution in [0.3, 0.4) is 0 Å². The number of amides is 1. The largest absolute Gasteiger partial charge is 0.454 e. The first-order chi connectivity index (χ1) is 14.6. The number of carbonyl (C=O) groups is 2. The molecular formula is C25H23NO4. The third-order valence-corrected chi connectivity index (χ3v) is 5.16. The molecule has 0 saturated heterocycles. The molecule has 0 aliphatic carbocycles. The molecule has 0 radical (unpaired) electrons. The van der Waals surface area contributed by atoms with Crippen molar-refractivity contribution in [3.63, 3.8) is 0 Å². The van der Waals surface area contributed by atoms with Gasteiger partial charge in [-0.2, -0.15) is 0 Å². The quantitative estimate of drug-likeness (QED) is 0.539. The van der Waals surface area contributed by atoms with Gasteiger partial charge < -0.3 is 14.4 Å². The van der Waals surface area contributed by atoms with E-state index in [2.05, 4.69) is 0 Å². The van der Waals surface area contributed by atoms with Crippen molar-refractivity contribution in [2.24, 2.45) is 0 Å². The maximum absolute atomic E-state index is 12.5. The van der Waals surface area contributed by atoms with Gasteiger partial charge in [-0.25, -0.2) is 0 Å². The number of Topliss-reactive ketones (excluding diaryl/α,β-unsaturated/α-hetero) is 1. The molecule has 0 saturated carbocycles. The molecule has 0 atom stereocenters. The Labute approximate surface area is 175 Å². The van der Waals surface area contributed by atoms with E-state index in [9.17, 15) is 9.59 Å². The van der Waals surface area contributed by atoms with Crippen molar-refractivity contribution in [3.05, 3.63) is 83.9 Å². The first kappa shape index (κ1) is 19.7. The van der Waals surface area contributed by atoms with Crippen LogP contribution in [-0.4, -0.2) is 30.4 Å². The number of hydrogen-bond acceptors (Lipinski definition) is 4. The monoisotopic (exact) mass is 401 g/mol. The van der Waals surface area contributed by atoms with Crippen molar-refractivity contribution in [2.45, 2.75) is 19.4 Å². The maximum atomic E-state index is 12.5. The molecule has 3 aromatic carbocycles. The highest BCUT2D eigenvalue weighted by Crippen LogP contribution is 2.32. The molecule has 0 aromatic heterocycles. The van der Waals surface area contributed by atoms with Crippen LogP contribution in [0.2, 0.25) is 0 Å². The molecule has 4 rings (SSSR count). The number of fused-ring (bicyclic) bond motifs is 1. The molecule has 152 valence electrons. The second kappa shape index (κ2) is 8.82. The van der Waals surface area contributed by atoms with E-state index in [1.807, 2.05) is 72.8 Å². The molecule has 30 heavy (non-hydrogen) atoms. The Morgan fingerprint density at radius 3 is 2.30 bits per heavy atom. The number of nitrogens with zero attached hydrogens (tertiary/aromatic N) is 1. The first-order valence-electron chi connectivity index (χ1n) is 9.91. The Morgan fingerprint density at radius 2 is 1.53 bits per heavy atom. The van der Waals surface area contributed by atoms with Crippen molar-refractivity contribution < 1.29 is 19.1 Å². The number of carbonyl (C=O) groups excluding carboxylic acids is 2. The van der Waals surface area contributed by atoms with Crippen LogP contribution in [0.5, 0.6) is 11.5 Å². The van der Waals surface area contributed by atoms with Gasteiger partial charge in [-0.3, -0.25) is 9.59 Å². The minimum atomic E-state index is -0.0677. The molecule has 0 N–H and O–H groups in total. The summed E-state index contributed by atoms with van der Waals surface area (Å²) in [6, 6.07) is 23.2. The van der Waals surface area contributed by atoms with Gasteiger partial charge in [-0.1, -0.05) is 60.7 Å². The highest BCUT2D eigenvalue weighted by atomic mass is 16.7. The zero-order valence-electron chi connectivity index (χ0n) is 16.8. The van der Waals surface area contributed by atoms with Gasteiger partial charge >= 0.3 is 0 Å². The minimum Gasteiger partial charge on any atom is -0.454 e. The predicted molar refractivity (Wildman–Crippen MR) is 114 cm³/mol. The van der Waals surface area contributed by atoms with Crippen molar-refractivity contribution in [1.29, 1.82) is 0 Å². The SMILES string of the molecule is CN(Cc1ccc2c(c1)OCO2)C(=O)CCC(=O)c1ccc(-c2ccccc2)cc1. The van der Waals surface area contributed by atoms with Crippen LogP contribution in [0.25, 0.3) is 11.1 Å². The normalized spacial score (nSPS) is 11.9. The topological polar surface area (TPSA) is 55.8 Å². The molecule has 0 bridgehead atoms. The van der Waals surface area contributed by atoms with Gasteiger partial charge in [0.15, 0.2) is 17.3 Å². The van der Waals surface area contributed by atoms with Crippen LogP contribution in [0.15, 0.2) is 72.8 Å². The Kier molecular flexibility index (Phi) is 5.80. The molecule has 0 fully saturated rings. The third-order valence-electron chi connectivity index (χ3n) is 5.16. The summed E-state index contributed by atoms with van der Waals surface area (Å²) >= 11 is 0. The highest BCUT2D eigenvalue weighted by Gasteiger charge is 2.16. The Balaban J connectivity index is 1.30. The Bertz CT molecular complexity index is 1040. The minimum absolute atomic E-state index is 0.0283. The number of benzene rings is 3. The molecule has 0 unspecified atom stereocenters. The summed E-state index contributed by atoms with van der Waals surface area (Å²) in [5.74, 6) is 1.32. The second-order valence-electron chi connectivity index (χ2n) is 7.30. The van der Waals surface area contributed by atoms with E-state index in [4.69, 9.17) is 9.47 Å². The highest BCUT2D eigenvalue weighted by molar-refractivity contribution is 5.98. The fourth-order valence-corrected chi connectivity index (χ4v) is 3.44. The third kappa shape index (κ3) is 4.51. The van der Waals surface area contributed by atoms with E-state index < -0.39 is 0 Å².